The van der Waals surface area contributed by atoms with Crippen molar-refractivity contribution in [3.8, 4) is 69.0 Å². The number of nitriles is 3. The van der Waals surface area contributed by atoms with Crippen LogP contribution < -0.4 is 48.6 Å². The third-order valence-corrected chi connectivity index (χ3v) is 27.1. The van der Waals surface area contributed by atoms with Crippen LogP contribution in [0.4, 0.5) is 64.9 Å². The van der Waals surface area contributed by atoms with E-state index in [1.165, 1.54) is 50.1 Å². The van der Waals surface area contributed by atoms with Crippen molar-refractivity contribution in [2.75, 3.05) is 90.8 Å². The number of aryl methyl sites for hydroxylation is 3. The van der Waals surface area contributed by atoms with Crippen LogP contribution in [0.25, 0.3) is 83.9 Å². The van der Waals surface area contributed by atoms with E-state index in [-0.39, 0.29) is 206 Å². The summed E-state index contributed by atoms with van der Waals surface area (Å²) < 4.78 is 112. The molecule has 3 saturated heterocycles. The maximum atomic E-state index is 15.6. The molecule has 15 rings (SSSR count). The number of benzene rings is 3. The van der Waals surface area contributed by atoms with Crippen molar-refractivity contribution in [3.05, 3.63) is 255 Å². The fourth-order valence-electron chi connectivity index (χ4n) is 17.5. The van der Waals surface area contributed by atoms with Gasteiger partial charge in [-0.1, -0.05) is 154 Å². The molecule has 0 saturated carbocycles. The van der Waals surface area contributed by atoms with Gasteiger partial charge >= 0.3 is 0 Å². The van der Waals surface area contributed by atoms with Crippen molar-refractivity contribution in [1.29, 1.82) is 15.8 Å². The first-order chi connectivity index (χ1) is 65.2. The molecule has 6 N–H and O–H groups in total. The molecule has 3 amide bonds. The van der Waals surface area contributed by atoms with Crippen molar-refractivity contribution in [1.82, 2.24) is 58.3 Å². The van der Waals surface area contributed by atoms with Crippen LogP contribution >= 0.6 is 92.8 Å². The summed E-state index contributed by atoms with van der Waals surface area (Å²) in [7, 11) is 0. The number of nitrogens with zero attached hydrogens (tertiary/aromatic N) is 18. The van der Waals surface area contributed by atoms with E-state index in [0.29, 0.717) is 50.8 Å². The van der Waals surface area contributed by atoms with E-state index < -0.39 is 122 Å². The number of rotatable bonds is 15. The van der Waals surface area contributed by atoms with Crippen LogP contribution in [0.1, 0.15) is 131 Å². The summed E-state index contributed by atoms with van der Waals surface area (Å²) in [6.07, 6.45) is 8.45. The first kappa shape index (κ1) is 102. The molecule has 0 spiro atoms. The summed E-state index contributed by atoms with van der Waals surface area (Å²) in [4.78, 5) is 118. The number of amides is 3. The summed E-state index contributed by atoms with van der Waals surface area (Å²) >= 11 is 49.8. The fourth-order valence-corrected chi connectivity index (χ4v) is 19.1. The highest BCUT2D eigenvalue weighted by Gasteiger charge is 2.40. The second-order valence-corrected chi connectivity index (χ2v) is 36.9. The fraction of sp³-hybridized carbons (Fsp3) is 0.281. The van der Waals surface area contributed by atoms with Crippen LogP contribution in [0.5, 0.6) is 0 Å². The molecule has 27 nitrogen and oxygen atoms in total. The summed E-state index contributed by atoms with van der Waals surface area (Å²) in [5.74, 6) is -10.9. The number of piperazine rings is 3. The summed E-state index contributed by atoms with van der Waals surface area (Å²) in [6.45, 7) is 35.0. The molecule has 138 heavy (non-hydrogen) atoms. The highest BCUT2D eigenvalue weighted by molar-refractivity contribution is 6.45. The number of fused-ring (bicyclic) bond motifs is 3. The standard InChI is InChI=1S/2C32H28Cl3F2N7O2.C32H28Cl2F3N7O2/c2*1-6-20(45)43-10-9-42(13-16(43)5)30-17-11-19(33)28(21-24(36)22(34)23(35)26(39)25(21)37)41-31(17)44(32(46)18(30)12-38)29-15(4)7-8-40-27(29)14(2)3;1-6-20(45)43-10-9-42(13-16(43)5)30-17-11-19(33)28(21-23(35)25(37)22(34)26(39)24(21)36)41-31(17)44(32(46)18(30)12-38)29-15(4)7-8-40-27(29)14(2)3/h3*6-8,11,14,16H,1,9-10,13,39H2,2-5H3/t3*16-/m111/s1. The zero-order chi connectivity index (χ0) is 101. The van der Waals surface area contributed by atoms with Gasteiger partial charge in [0.05, 0.1) is 137 Å². The molecule has 0 radical (unpaired) electrons. The van der Waals surface area contributed by atoms with Gasteiger partial charge in [0.25, 0.3) is 16.7 Å². The first-order valence-corrected chi connectivity index (χ1v) is 45.6. The molecule has 12 aromatic rings. The molecular formula is C96H84Cl8F7N21O6. The number of hydrogen-bond acceptors (Lipinski definition) is 21. The van der Waals surface area contributed by atoms with Gasteiger partial charge in [-0.2, -0.15) is 15.8 Å². The van der Waals surface area contributed by atoms with Crippen molar-refractivity contribution < 1.29 is 45.1 Å². The second kappa shape index (κ2) is 40.5. The van der Waals surface area contributed by atoms with E-state index >= 15 is 26.3 Å². The monoisotopic (exact) mass is 2040 g/mol. The van der Waals surface area contributed by atoms with Crippen molar-refractivity contribution in [3.63, 3.8) is 0 Å². The summed E-state index contributed by atoms with van der Waals surface area (Å²) in [6, 6.07) is 14.4. The zero-order valence-corrected chi connectivity index (χ0v) is 81.8. The smallest absolute Gasteiger partial charge is 0.276 e. The second-order valence-electron chi connectivity index (χ2n) is 33.8. The van der Waals surface area contributed by atoms with E-state index in [1.54, 1.807) is 87.0 Å². The number of carbonyl (C=O) groups is 3. The van der Waals surface area contributed by atoms with Gasteiger partial charge in [0.15, 0.2) is 40.7 Å². The Labute approximate surface area is 825 Å². The quantitative estimate of drug-likeness (QED) is 0.0282. The van der Waals surface area contributed by atoms with Crippen LogP contribution in [-0.2, 0) is 14.4 Å². The number of hydrogen-bond donors (Lipinski definition) is 3. The Morgan fingerprint density at radius 3 is 0.891 bits per heavy atom. The van der Waals surface area contributed by atoms with Crippen LogP contribution in [0.3, 0.4) is 0 Å². The minimum absolute atomic E-state index is 0.0444. The SMILES string of the molecule is C=CC(=O)N1CCN(c2c(C#N)c(=O)n(-c3c(C)ccnc3C(C)C)c3nc(-c4c(F)c(N)c(Cl)c(Cl)c4F)c(Cl)cc23)C[C@H]1C.C=CC(=O)N1CCN(c2c(C#N)c(=O)n(-c3c(C)ccnc3C(C)C)c3nc(-c4c(F)c(N)c(Cl)c(Cl)c4F)c(Cl)cc23)C[C@H]1C.C=CC(=O)N1CCN(c2c(C#N)c(=O)n(-c3c(C)ccnc3C(C)C)c3nc(-c4c(F)c(N)c(Cl)c(F)c4F)c(Cl)cc23)C[C@H]1C. The van der Waals surface area contributed by atoms with E-state index in [4.69, 9.17) is 110 Å². The molecule has 0 bridgehead atoms. The zero-order valence-electron chi connectivity index (χ0n) is 75.8. The Hall–Kier alpha value is -13.1. The van der Waals surface area contributed by atoms with Gasteiger partial charge in [-0.15, -0.1) is 0 Å². The number of pyridine rings is 9. The average molecular weight is 2040 g/mol. The molecule has 9 aromatic heterocycles. The molecule has 0 aliphatic carbocycles. The lowest BCUT2D eigenvalue weighted by atomic mass is 10.0. The molecule has 3 fully saturated rings. The molecule has 3 aliphatic rings. The average Bonchev–Trinajstić information content (AvgIpc) is 0.726. The van der Waals surface area contributed by atoms with Crippen LogP contribution in [0.2, 0.25) is 40.2 Å². The molecule has 3 atom stereocenters. The molecule has 12 heterocycles. The Kier molecular flexibility index (Phi) is 30.1. The Bertz CT molecular complexity index is 6790. The Morgan fingerprint density at radius 2 is 0.652 bits per heavy atom. The number of aromatic nitrogens is 9. The minimum atomic E-state index is -1.68. The molecule has 3 aliphatic heterocycles. The van der Waals surface area contributed by atoms with Crippen molar-refractivity contribution >= 4 is 178 Å². The maximum Gasteiger partial charge on any atom is 0.276 e. The van der Waals surface area contributed by atoms with Gasteiger partial charge in [0.1, 0.15) is 56.9 Å². The lowest BCUT2D eigenvalue weighted by molar-refractivity contribution is -0.129. The van der Waals surface area contributed by atoms with Gasteiger partial charge in [-0.3, -0.25) is 57.4 Å². The van der Waals surface area contributed by atoms with Crippen LogP contribution in [-0.4, -0.2) is 153 Å². The third kappa shape index (κ3) is 17.9. The van der Waals surface area contributed by atoms with Gasteiger partial charge < -0.3 is 46.6 Å². The lowest BCUT2D eigenvalue weighted by Gasteiger charge is -2.41. The molecule has 3 aromatic carbocycles. The molecule has 714 valence electrons. The number of nitrogens with two attached hydrogens (primary N) is 3. The van der Waals surface area contributed by atoms with Crippen molar-refractivity contribution in [2.24, 2.45) is 0 Å². The third-order valence-electron chi connectivity index (χ3n) is 24.1. The first-order valence-electron chi connectivity index (χ1n) is 42.6. The topological polar surface area (TPSA) is 363 Å². The largest absolute Gasteiger partial charge is 0.395 e. The van der Waals surface area contributed by atoms with E-state index in [9.17, 15) is 48.9 Å². The Morgan fingerprint density at radius 1 is 0.399 bits per heavy atom. The summed E-state index contributed by atoms with van der Waals surface area (Å²) in [5.41, 5.74) is 13.4. The van der Waals surface area contributed by atoms with Gasteiger partial charge in [-0.25, -0.2) is 45.7 Å². The van der Waals surface area contributed by atoms with Gasteiger partial charge in [0.2, 0.25) is 17.7 Å². The normalized spacial score (nSPS) is 15.0. The predicted molar refractivity (Wildman–Crippen MR) is 526 cm³/mol. The van der Waals surface area contributed by atoms with Crippen LogP contribution in [0, 0.1) is 95.5 Å². The molecule has 42 heteroatoms. The predicted octanol–water partition coefficient (Wildman–Crippen LogP) is 19.9. The van der Waals surface area contributed by atoms with E-state index in [1.807, 2.05) is 68.4 Å². The highest BCUT2D eigenvalue weighted by atomic mass is 35.5. The lowest BCUT2D eigenvalue weighted by Crippen LogP contribution is -2.54. The number of anilines is 6. The van der Waals surface area contributed by atoms with Gasteiger partial charge in [0, 0.05) is 112 Å². The number of halogens is 15. The summed E-state index contributed by atoms with van der Waals surface area (Å²) in [5, 5.41) is 28.0. The number of nitrogen functional groups attached to an aromatic ring is 3. The Balaban J connectivity index is 0.000000175. The van der Waals surface area contributed by atoms with E-state index in [2.05, 4.69) is 61.8 Å². The molecule has 0 unspecified atom stereocenters. The van der Waals surface area contributed by atoms with Crippen LogP contribution in [0.15, 0.2) is 107 Å². The maximum absolute atomic E-state index is 15.6. The minimum Gasteiger partial charge on any atom is -0.395 e. The number of carbonyl (C=O) groups excluding carboxylic acids is 3. The highest BCUT2D eigenvalue weighted by Crippen LogP contribution is 2.49. The van der Waals surface area contributed by atoms with Crippen molar-refractivity contribution in [2.45, 2.75) is 119 Å². The van der Waals surface area contributed by atoms with E-state index in [0.717, 1.165) is 0 Å². The van der Waals surface area contributed by atoms with Gasteiger partial charge in [-0.05, 0) is 131 Å². The molecular weight excluding hydrogens is 1960 g/mol.